The summed E-state index contributed by atoms with van der Waals surface area (Å²) < 4.78 is 23.8. The van der Waals surface area contributed by atoms with Crippen LogP contribution >= 0.6 is 0 Å². The van der Waals surface area contributed by atoms with Gasteiger partial charge >= 0.3 is 11.8 Å². The predicted octanol–water partition coefficient (Wildman–Crippen LogP) is 3.56. The van der Waals surface area contributed by atoms with Crippen LogP contribution in [0.2, 0.25) is 0 Å². The summed E-state index contributed by atoms with van der Waals surface area (Å²) in [7, 11) is 1.44. The molecule has 3 amide bonds. The number of hydrogen-bond donors (Lipinski definition) is 3. The monoisotopic (exact) mass is 492 g/mol. The normalized spacial score (nSPS) is 10.6. The van der Waals surface area contributed by atoms with Crippen molar-refractivity contribution < 1.29 is 28.2 Å². The third kappa shape index (κ3) is 7.39. The first-order chi connectivity index (χ1) is 17.2. The molecule has 0 aliphatic heterocycles. The lowest BCUT2D eigenvalue weighted by Crippen LogP contribution is -2.32. The van der Waals surface area contributed by atoms with Crippen molar-refractivity contribution >= 4 is 35.3 Å². The van der Waals surface area contributed by atoms with E-state index in [9.17, 15) is 18.8 Å². The quantitative estimate of drug-likeness (QED) is 0.253. The number of methoxy groups -OCH3 is 1. The van der Waals surface area contributed by atoms with Crippen LogP contribution in [0, 0.1) is 19.7 Å². The van der Waals surface area contributed by atoms with Crippen molar-refractivity contribution in [3.05, 3.63) is 83.2 Å². The number of nitrogens with one attached hydrogen (secondary N) is 3. The molecule has 0 heterocycles. The summed E-state index contributed by atoms with van der Waals surface area (Å²) in [6.45, 7) is 3.73. The fourth-order valence-corrected chi connectivity index (χ4v) is 2.98. The largest absolute Gasteiger partial charge is 0.493 e. The second-order valence-corrected chi connectivity index (χ2v) is 7.71. The fourth-order valence-electron chi connectivity index (χ4n) is 2.98. The number of ether oxygens (including phenoxy) is 2. The zero-order valence-electron chi connectivity index (χ0n) is 19.9. The van der Waals surface area contributed by atoms with Crippen LogP contribution in [0.3, 0.4) is 0 Å². The van der Waals surface area contributed by atoms with Gasteiger partial charge in [0.15, 0.2) is 18.1 Å². The summed E-state index contributed by atoms with van der Waals surface area (Å²) in [5, 5.41) is 8.86. The maximum atomic E-state index is 12.9. The molecule has 0 fully saturated rings. The van der Waals surface area contributed by atoms with E-state index in [0.717, 1.165) is 23.3 Å². The molecule has 0 atom stereocenters. The van der Waals surface area contributed by atoms with E-state index < -0.39 is 17.6 Å². The summed E-state index contributed by atoms with van der Waals surface area (Å²) in [6, 6.07) is 15.4. The lowest BCUT2D eigenvalue weighted by atomic mass is 10.1. The van der Waals surface area contributed by atoms with Crippen LogP contribution in [0.15, 0.2) is 65.8 Å². The van der Waals surface area contributed by atoms with E-state index in [1.165, 1.54) is 25.5 Å². The molecule has 186 valence electrons. The summed E-state index contributed by atoms with van der Waals surface area (Å²) in [4.78, 5) is 36.1. The van der Waals surface area contributed by atoms with Crippen molar-refractivity contribution in [1.82, 2.24) is 5.43 Å². The lowest BCUT2D eigenvalue weighted by molar-refractivity contribution is -0.136. The van der Waals surface area contributed by atoms with Gasteiger partial charge in [0.2, 0.25) is 0 Å². The molecular formula is C26H25FN4O5. The summed E-state index contributed by atoms with van der Waals surface area (Å²) in [6.07, 6.45) is 1.31. The number of hydrogen-bond acceptors (Lipinski definition) is 6. The van der Waals surface area contributed by atoms with Crippen LogP contribution in [0.25, 0.3) is 0 Å². The Kier molecular flexibility index (Phi) is 8.71. The van der Waals surface area contributed by atoms with E-state index in [1.54, 1.807) is 18.2 Å². The predicted molar refractivity (Wildman–Crippen MR) is 134 cm³/mol. The van der Waals surface area contributed by atoms with Crippen LogP contribution in [0.4, 0.5) is 15.8 Å². The minimum atomic E-state index is -1.00. The topological polar surface area (TPSA) is 118 Å². The number of aryl methyl sites for hydroxylation is 2. The fraction of sp³-hybridized carbons (Fsp3) is 0.154. The minimum absolute atomic E-state index is 0.226. The van der Waals surface area contributed by atoms with E-state index >= 15 is 0 Å². The highest BCUT2D eigenvalue weighted by atomic mass is 19.1. The number of rotatable bonds is 8. The van der Waals surface area contributed by atoms with Crippen LogP contribution in [-0.4, -0.2) is 37.7 Å². The molecule has 3 aromatic carbocycles. The van der Waals surface area contributed by atoms with Gasteiger partial charge in [0.1, 0.15) is 5.82 Å². The molecule has 3 N–H and O–H groups in total. The number of hydrazone groups is 1. The first-order valence-corrected chi connectivity index (χ1v) is 10.8. The van der Waals surface area contributed by atoms with Gasteiger partial charge in [-0.15, -0.1) is 0 Å². The number of carbonyl (C=O) groups is 3. The van der Waals surface area contributed by atoms with Crippen LogP contribution in [0.5, 0.6) is 11.5 Å². The highest BCUT2D eigenvalue weighted by Crippen LogP contribution is 2.27. The molecule has 0 spiro atoms. The molecule has 0 aromatic heterocycles. The number of benzene rings is 3. The van der Waals surface area contributed by atoms with E-state index in [-0.39, 0.29) is 18.2 Å². The molecule has 0 aliphatic carbocycles. The van der Waals surface area contributed by atoms with Crippen molar-refractivity contribution in [3.8, 4) is 11.5 Å². The van der Waals surface area contributed by atoms with E-state index in [1.807, 2.05) is 32.0 Å². The molecule has 0 bridgehead atoms. The second-order valence-electron chi connectivity index (χ2n) is 7.71. The van der Waals surface area contributed by atoms with Gasteiger partial charge in [-0.05, 0) is 85.1 Å². The summed E-state index contributed by atoms with van der Waals surface area (Å²) in [5.41, 5.74) is 5.79. The highest BCUT2D eigenvalue weighted by Gasteiger charge is 2.13. The van der Waals surface area contributed by atoms with Crippen molar-refractivity contribution in [2.45, 2.75) is 13.8 Å². The minimum Gasteiger partial charge on any atom is -0.493 e. The molecule has 10 heteroatoms. The third-order valence-electron chi connectivity index (χ3n) is 5.03. The second kappa shape index (κ2) is 12.1. The molecule has 0 radical (unpaired) electrons. The van der Waals surface area contributed by atoms with Gasteiger partial charge < -0.3 is 20.1 Å². The van der Waals surface area contributed by atoms with Gasteiger partial charge in [-0.25, -0.2) is 9.82 Å². The number of carbonyl (C=O) groups excluding carboxylic acids is 3. The number of nitrogens with zero attached hydrogens (tertiary/aromatic N) is 1. The molecular weight excluding hydrogens is 467 g/mol. The van der Waals surface area contributed by atoms with Crippen molar-refractivity contribution in [3.63, 3.8) is 0 Å². The third-order valence-corrected chi connectivity index (χ3v) is 5.03. The number of halogens is 1. The summed E-state index contributed by atoms with van der Waals surface area (Å²) >= 11 is 0. The van der Waals surface area contributed by atoms with E-state index in [4.69, 9.17) is 9.47 Å². The highest BCUT2D eigenvalue weighted by molar-refractivity contribution is 6.39. The van der Waals surface area contributed by atoms with Gasteiger partial charge in [0.25, 0.3) is 5.91 Å². The number of anilines is 2. The van der Waals surface area contributed by atoms with Gasteiger partial charge in [0.05, 0.1) is 13.3 Å². The average molecular weight is 493 g/mol. The molecule has 0 saturated carbocycles. The Morgan fingerprint density at radius 1 is 0.861 bits per heavy atom. The van der Waals surface area contributed by atoms with Crippen molar-refractivity contribution in [2.75, 3.05) is 24.4 Å². The Morgan fingerprint density at radius 3 is 2.28 bits per heavy atom. The Morgan fingerprint density at radius 2 is 1.58 bits per heavy atom. The molecule has 3 aromatic rings. The van der Waals surface area contributed by atoms with Crippen LogP contribution in [0.1, 0.15) is 16.7 Å². The first-order valence-electron chi connectivity index (χ1n) is 10.8. The summed E-state index contributed by atoms with van der Waals surface area (Å²) in [5.74, 6) is -2.07. The first kappa shape index (κ1) is 25.9. The zero-order chi connectivity index (χ0) is 26.1. The standard InChI is InChI=1S/C26H25FN4O5/c1-16-4-8-21(12-17(16)2)29-24(32)15-36-22-11-5-18(13-23(22)35-3)14-28-31-26(34)25(33)30-20-9-6-19(27)7-10-20/h4-14H,15H2,1-3H3,(H,29,32)(H,30,33)(H,31,34)/b28-14-. The SMILES string of the molecule is COc1cc(/C=N\NC(=O)C(=O)Nc2ccc(F)cc2)ccc1OCC(=O)Nc1ccc(C)c(C)c1. The Balaban J connectivity index is 1.52. The van der Waals surface area contributed by atoms with Crippen molar-refractivity contribution in [1.29, 1.82) is 0 Å². The van der Waals surface area contributed by atoms with Gasteiger partial charge in [-0.3, -0.25) is 14.4 Å². The molecule has 3 rings (SSSR count). The van der Waals surface area contributed by atoms with E-state index in [2.05, 4.69) is 21.2 Å². The van der Waals surface area contributed by atoms with Crippen LogP contribution in [-0.2, 0) is 14.4 Å². The Hall–Kier alpha value is -4.73. The average Bonchev–Trinajstić information content (AvgIpc) is 2.86. The Bertz CT molecular complexity index is 1290. The molecule has 0 aliphatic rings. The van der Waals surface area contributed by atoms with E-state index in [0.29, 0.717) is 22.7 Å². The maximum Gasteiger partial charge on any atom is 0.329 e. The van der Waals surface area contributed by atoms with Gasteiger partial charge in [-0.1, -0.05) is 6.07 Å². The molecule has 36 heavy (non-hydrogen) atoms. The lowest BCUT2D eigenvalue weighted by Gasteiger charge is -2.12. The smallest absolute Gasteiger partial charge is 0.329 e. The maximum absolute atomic E-state index is 12.9. The van der Waals surface area contributed by atoms with Gasteiger partial charge in [0, 0.05) is 11.4 Å². The Labute approximate surface area is 207 Å². The molecule has 0 unspecified atom stereocenters. The molecule has 0 saturated heterocycles. The van der Waals surface area contributed by atoms with Gasteiger partial charge in [-0.2, -0.15) is 5.10 Å². The zero-order valence-corrected chi connectivity index (χ0v) is 19.9. The molecule has 9 nitrogen and oxygen atoms in total. The van der Waals surface area contributed by atoms with Crippen molar-refractivity contribution in [2.24, 2.45) is 5.10 Å². The number of amides is 3. The van der Waals surface area contributed by atoms with Crippen LogP contribution < -0.4 is 25.5 Å².